The predicted molar refractivity (Wildman–Crippen MR) is 77.2 cm³/mol. The van der Waals surface area contributed by atoms with Gasteiger partial charge in [0, 0.05) is 4.47 Å². The molecule has 1 aliphatic rings. The Balaban J connectivity index is 2.28. The molecule has 2 heteroatoms. The maximum atomic E-state index is 3.62. The summed E-state index contributed by atoms with van der Waals surface area (Å²) in [5.41, 5.74) is 4.20. The van der Waals surface area contributed by atoms with Crippen LogP contribution in [0.5, 0.6) is 0 Å². The molecule has 0 amide bonds. The zero-order valence-corrected chi connectivity index (χ0v) is 12.2. The topological polar surface area (TPSA) is 12.0 Å². The molecule has 1 N–H and O–H groups in total. The standard InChI is InChI=1S/C15H20BrN/c1-11-8-9-13(10-14(11)16)15(17-2)12-6-4-3-5-7-12/h6,8-10,15,17H,3-5,7H2,1-2H3. The first kappa shape index (κ1) is 12.8. The molecule has 17 heavy (non-hydrogen) atoms. The molecule has 1 unspecified atom stereocenters. The number of nitrogens with one attached hydrogen (secondary N) is 1. The normalized spacial score (nSPS) is 17.7. The molecule has 0 heterocycles. The minimum absolute atomic E-state index is 0.382. The van der Waals surface area contributed by atoms with E-state index in [1.54, 1.807) is 5.57 Å². The van der Waals surface area contributed by atoms with Gasteiger partial charge in [-0.15, -0.1) is 0 Å². The van der Waals surface area contributed by atoms with E-state index in [0.29, 0.717) is 6.04 Å². The van der Waals surface area contributed by atoms with Gasteiger partial charge in [-0.05, 0) is 56.8 Å². The predicted octanol–water partition coefficient (Wildman–Crippen LogP) is 4.52. The molecule has 0 radical (unpaired) electrons. The number of allylic oxidation sites excluding steroid dienone is 1. The van der Waals surface area contributed by atoms with Gasteiger partial charge in [0.15, 0.2) is 0 Å². The second-order valence-electron chi connectivity index (χ2n) is 4.76. The van der Waals surface area contributed by atoms with E-state index in [4.69, 9.17) is 0 Å². The SMILES string of the molecule is CNC(C1=CCCCC1)c1ccc(C)c(Br)c1. The highest BCUT2D eigenvalue weighted by Gasteiger charge is 2.16. The number of halogens is 1. The summed E-state index contributed by atoms with van der Waals surface area (Å²) in [6.45, 7) is 2.13. The highest BCUT2D eigenvalue weighted by molar-refractivity contribution is 9.10. The highest BCUT2D eigenvalue weighted by Crippen LogP contribution is 2.31. The molecule has 0 spiro atoms. The molecule has 2 rings (SSSR count). The lowest BCUT2D eigenvalue weighted by Crippen LogP contribution is -2.19. The Hall–Kier alpha value is -0.600. The van der Waals surface area contributed by atoms with Crippen molar-refractivity contribution in [1.82, 2.24) is 5.32 Å². The minimum atomic E-state index is 0.382. The molecule has 1 aliphatic carbocycles. The molecule has 0 fully saturated rings. The van der Waals surface area contributed by atoms with Crippen LogP contribution in [0.25, 0.3) is 0 Å². The lowest BCUT2D eigenvalue weighted by molar-refractivity contribution is 0.593. The van der Waals surface area contributed by atoms with Crippen molar-refractivity contribution < 1.29 is 0 Å². The van der Waals surface area contributed by atoms with E-state index in [0.717, 1.165) is 0 Å². The van der Waals surface area contributed by atoms with Crippen molar-refractivity contribution in [3.05, 3.63) is 45.4 Å². The van der Waals surface area contributed by atoms with Gasteiger partial charge in [0.1, 0.15) is 0 Å². The summed E-state index contributed by atoms with van der Waals surface area (Å²) in [5, 5.41) is 3.45. The monoisotopic (exact) mass is 293 g/mol. The molecular weight excluding hydrogens is 274 g/mol. The maximum Gasteiger partial charge on any atom is 0.0534 e. The fraction of sp³-hybridized carbons (Fsp3) is 0.467. The van der Waals surface area contributed by atoms with Gasteiger partial charge in [-0.25, -0.2) is 0 Å². The van der Waals surface area contributed by atoms with E-state index in [1.807, 2.05) is 7.05 Å². The van der Waals surface area contributed by atoms with E-state index in [1.165, 1.54) is 41.3 Å². The van der Waals surface area contributed by atoms with Crippen molar-refractivity contribution in [2.45, 2.75) is 38.6 Å². The Morgan fingerprint density at radius 1 is 1.29 bits per heavy atom. The Kier molecular flexibility index (Phi) is 4.41. The van der Waals surface area contributed by atoms with Crippen LogP contribution in [0.15, 0.2) is 34.3 Å². The third kappa shape index (κ3) is 2.99. The molecule has 1 nitrogen and oxygen atoms in total. The smallest absolute Gasteiger partial charge is 0.0534 e. The lowest BCUT2D eigenvalue weighted by atomic mass is 9.90. The molecule has 0 aliphatic heterocycles. The first-order chi connectivity index (χ1) is 8.22. The Labute approximate surface area is 112 Å². The van der Waals surface area contributed by atoms with Crippen LogP contribution >= 0.6 is 15.9 Å². The van der Waals surface area contributed by atoms with Gasteiger partial charge in [0.25, 0.3) is 0 Å². The summed E-state index contributed by atoms with van der Waals surface area (Å²) >= 11 is 3.62. The second-order valence-corrected chi connectivity index (χ2v) is 5.61. The number of aryl methyl sites for hydroxylation is 1. The highest BCUT2D eigenvalue weighted by atomic mass is 79.9. The molecule has 0 saturated carbocycles. The fourth-order valence-electron chi connectivity index (χ4n) is 2.48. The molecule has 1 aromatic carbocycles. The van der Waals surface area contributed by atoms with Gasteiger partial charge in [-0.1, -0.05) is 39.7 Å². The van der Waals surface area contributed by atoms with Gasteiger partial charge in [0.05, 0.1) is 6.04 Å². The van der Waals surface area contributed by atoms with Crippen molar-refractivity contribution in [3.63, 3.8) is 0 Å². The molecule has 0 bridgehead atoms. The quantitative estimate of drug-likeness (QED) is 0.808. The summed E-state index contributed by atoms with van der Waals surface area (Å²) in [5.74, 6) is 0. The van der Waals surface area contributed by atoms with E-state index in [-0.39, 0.29) is 0 Å². The van der Waals surface area contributed by atoms with Crippen LogP contribution in [0.2, 0.25) is 0 Å². The largest absolute Gasteiger partial charge is 0.310 e. The fourth-order valence-corrected chi connectivity index (χ4v) is 2.88. The second kappa shape index (κ2) is 5.83. The van der Waals surface area contributed by atoms with E-state index in [9.17, 15) is 0 Å². The van der Waals surface area contributed by atoms with E-state index in [2.05, 4.69) is 52.4 Å². The lowest BCUT2D eigenvalue weighted by Gasteiger charge is -2.23. The molecule has 0 aromatic heterocycles. The van der Waals surface area contributed by atoms with Crippen molar-refractivity contribution >= 4 is 15.9 Å². The molecule has 0 saturated heterocycles. The average Bonchev–Trinajstić information content (AvgIpc) is 2.36. The zero-order chi connectivity index (χ0) is 12.3. The summed E-state index contributed by atoms with van der Waals surface area (Å²) in [4.78, 5) is 0. The van der Waals surface area contributed by atoms with Crippen molar-refractivity contribution in [1.29, 1.82) is 0 Å². The first-order valence-corrected chi connectivity index (χ1v) is 7.14. The van der Waals surface area contributed by atoms with Crippen molar-refractivity contribution in [2.75, 3.05) is 7.05 Å². The number of rotatable bonds is 3. The molecule has 1 aromatic rings. The van der Waals surface area contributed by atoms with Crippen LogP contribution in [-0.2, 0) is 0 Å². The van der Waals surface area contributed by atoms with Gasteiger partial charge in [-0.2, -0.15) is 0 Å². The number of hydrogen-bond acceptors (Lipinski definition) is 1. The van der Waals surface area contributed by atoms with Crippen molar-refractivity contribution in [3.8, 4) is 0 Å². The van der Waals surface area contributed by atoms with Gasteiger partial charge < -0.3 is 5.32 Å². The number of hydrogen-bond donors (Lipinski definition) is 1. The third-order valence-electron chi connectivity index (χ3n) is 3.51. The van der Waals surface area contributed by atoms with Crippen LogP contribution in [-0.4, -0.2) is 7.05 Å². The Morgan fingerprint density at radius 3 is 2.71 bits per heavy atom. The Morgan fingerprint density at radius 2 is 2.12 bits per heavy atom. The van der Waals surface area contributed by atoms with Gasteiger partial charge in [-0.3, -0.25) is 0 Å². The number of likely N-dealkylation sites (N-methyl/N-ethyl adjacent to an activating group) is 1. The van der Waals surface area contributed by atoms with Crippen LogP contribution < -0.4 is 5.32 Å². The zero-order valence-electron chi connectivity index (χ0n) is 10.6. The summed E-state index contributed by atoms with van der Waals surface area (Å²) < 4.78 is 1.20. The van der Waals surface area contributed by atoms with Crippen LogP contribution in [0.3, 0.4) is 0 Å². The Bertz CT molecular complexity index is 423. The maximum absolute atomic E-state index is 3.62. The van der Waals surface area contributed by atoms with Crippen LogP contribution in [0, 0.1) is 6.92 Å². The summed E-state index contributed by atoms with van der Waals surface area (Å²) in [7, 11) is 2.05. The number of benzene rings is 1. The average molecular weight is 294 g/mol. The molecule has 92 valence electrons. The van der Waals surface area contributed by atoms with Crippen LogP contribution in [0.1, 0.15) is 42.9 Å². The first-order valence-electron chi connectivity index (χ1n) is 6.34. The van der Waals surface area contributed by atoms with Crippen molar-refractivity contribution in [2.24, 2.45) is 0 Å². The van der Waals surface area contributed by atoms with Gasteiger partial charge in [0.2, 0.25) is 0 Å². The summed E-state index contributed by atoms with van der Waals surface area (Å²) in [6, 6.07) is 7.04. The van der Waals surface area contributed by atoms with Gasteiger partial charge >= 0.3 is 0 Å². The third-order valence-corrected chi connectivity index (χ3v) is 4.37. The molecular formula is C15H20BrN. The summed E-state index contributed by atoms with van der Waals surface area (Å²) in [6.07, 6.45) is 7.56. The molecule has 1 atom stereocenters. The minimum Gasteiger partial charge on any atom is -0.310 e. The van der Waals surface area contributed by atoms with Crippen LogP contribution in [0.4, 0.5) is 0 Å². The van der Waals surface area contributed by atoms with E-state index < -0.39 is 0 Å². The van der Waals surface area contributed by atoms with E-state index >= 15 is 0 Å².